The zero-order chi connectivity index (χ0) is 28.7. The number of rotatable bonds is 9. The van der Waals surface area contributed by atoms with Crippen molar-refractivity contribution in [2.24, 2.45) is 0 Å². The van der Waals surface area contributed by atoms with Gasteiger partial charge in [-0.3, -0.25) is 9.97 Å². The van der Waals surface area contributed by atoms with Crippen molar-refractivity contribution in [1.29, 1.82) is 5.26 Å². The van der Waals surface area contributed by atoms with Crippen LogP contribution in [0.2, 0.25) is 5.02 Å². The Labute approximate surface area is 249 Å². The number of ether oxygens (including phenoxy) is 1. The van der Waals surface area contributed by atoms with Gasteiger partial charge in [-0.15, -0.1) is 0 Å². The molecule has 0 aliphatic rings. The molecule has 0 aliphatic carbocycles. The van der Waals surface area contributed by atoms with Gasteiger partial charge in [-0.05, 0) is 76.9 Å². The molecule has 204 valence electrons. The van der Waals surface area contributed by atoms with E-state index in [9.17, 15) is 5.26 Å². The van der Waals surface area contributed by atoms with Gasteiger partial charge < -0.3 is 15.4 Å². The number of benzene rings is 4. The van der Waals surface area contributed by atoms with Crippen LogP contribution in [-0.2, 0) is 13.1 Å². The van der Waals surface area contributed by atoms with Gasteiger partial charge in [0.25, 0.3) is 0 Å². The average molecular weight is 568 g/mol. The largest absolute Gasteiger partial charge is 0.456 e. The normalized spacial score (nSPS) is 10.8. The maximum Gasteiger partial charge on any atom is 0.146 e. The molecule has 0 unspecified atom stereocenters. The first-order chi connectivity index (χ1) is 20.7. The van der Waals surface area contributed by atoms with Crippen LogP contribution in [0.15, 0.2) is 122 Å². The highest BCUT2D eigenvalue weighted by Crippen LogP contribution is 2.35. The number of nitriles is 1. The van der Waals surface area contributed by atoms with Gasteiger partial charge in [0.2, 0.25) is 0 Å². The Balaban J connectivity index is 1.23. The topological polar surface area (TPSA) is 82.9 Å². The average Bonchev–Trinajstić information content (AvgIpc) is 3.03. The summed E-state index contributed by atoms with van der Waals surface area (Å²) in [6, 6.07) is 35.8. The van der Waals surface area contributed by atoms with E-state index < -0.39 is 0 Å². The molecule has 6 rings (SSSR count). The SMILES string of the molecule is N#Cc1cnc2cc(-c3cccc(CNCc4ccncc4)c3)ccc2c1Nc1ccc(Oc2ccccc2)c(Cl)c1. The second-order valence-electron chi connectivity index (χ2n) is 9.74. The molecule has 0 fully saturated rings. The van der Waals surface area contributed by atoms with E-state index in [0.717, 1.165) is 40.8 Å². The lowest BCUT2D eigenvalue weighted by molar-refractivity contribution is 0.483. The Hall–Kier alpha value is -5.22. The summed E-state index contributed by atoms with van der Waals surface area (Å²) in [7, 11) is 0. The van der Waals surface area contributed by atoms with E-state index in [1.807, 2.05) is 60.7 Å². The van der Waals surface area contributed by atoms with Gasteiger partial charge in [0.15, 0.2) is 0 Å². The molecule has 0 aliphatic heterocycles. The Morgan fingerprint density at radius 1 is 0.786 bits per heavy atom. The molecule has 0 spiro atoms. The lowest BCUT2D eigenvalue weighted by atomic mass is 10.00. The summed E-state index contributed by atoms with van der Waals surface area (Å²) in [6.45, 7) is 1.52. The van der Waals surface area contributed by atoms with Crippen molar-refractivity contribution in [1.82, 2.24) is 15.3 Å². The molecular formula is C35H26ClN5O. The maximum atomic E-state index is 9.84. The molecule has 6 nitrogen and oxygen atoms in total. The zero-order valence-corrected chi connectivity index (χ0v) is 23.3. The number of aromatic nitrogens is 2. The minimum absolute atomic E-state index is 0.443. The summed E-state index contributed by atoms with van der Waals surface area (Å²) in [5, 5.41) is 18.0. The van der Waals surface area contributed by atoms with Crippen LogP contribution in [0.25, 0.3) is 22.0 Å². The summed E-state index contributed by atoms with van der Waals surface area (Å²) in [5.74, 6) is 1.25. The Morgan fingerprint density at radius 2 is 1.60 bits per heavy atom. The van der Waals surface area contributed by atoms with E-state index in [4.69, 9.17) is 16.3 Å². The van der Waals surface area contributed by atoms with Gasteiger partial charge >= 0.3 is 0 Å². The summed E-state index contributed by atoms with van der Waals surface area (Å²) >= 11 is 6.55. The molecule has 0 atom stereocenters. The highest BCUT2D eigenvalue weighted by molar-refractivity contribution is 6.32. The van der Waals surface area contributed by atoms with Crippen LogP contribution in [-0.4, -0.2) is 9.97 Å². The number of halogens is 1. The number of hydrogen-bond donors (Lipinski definition) is 2. The molecule has 7 heteroatoms. The molecule has 0 saturated heterocycles. The fourth-order valence-electron chi connectivity index (χ4n) is 4.73. The van der Waals surface area contributed by atoms with Crippen molar-refractivity contribution in [2.45, 2.75) is 13.1 Å². The quantitative estimate of drug-likeness (QED) is 0.182. The van der Waals surface area contributed by atoms with Crippen molar-refractivity contribution in [3.63, 3.8) is 0 Å². The fourth-order valence-corrected chi connectivity index (χ4v) is 4.95. The highest BCUT2D eigenvalue weighted by atomic mass is 35.5. The molecule has 42 heavy (non-hydrogen) atoms. The number of nitrogens with zero attached hydrogens (tertiary/aromatic N) is 3. The molecule has 0 amide bonds. The van der Waals surface area contributed by atoms with E-state index in [1.165, 1.54) is 11.1 Å². The van der Waals surface area contributed by atoms with Gasteiger partial charge in [-0.25, -0.2) is 0 Å². The number of nitrogens with one attached hydrogen (secondary N) is 2. The van der Waals surface area contributed by atoms with Gasteiger partial charge in [-0.2, -0.15) is 5.26 Å². The van der Waals surface area contributed by atoms with E-state index in [1.54, 1.807) is 24.7 Å². The lowest BCUT2D eigenvalue weighted by Crippen LogP contribution is -2.12. The molecule has 0 radical (unpaired) electrons. The Bertz CT molecular complexity index is 1890. The number of para-hydroxylation sites is 1. The maximum absolute atomic E-state index is 9.84. The number of anilines is 2. The minimum atomic E-state index is 0.443. The van der Waals surface area contributed by atoms with Crippen molar-refractivity contribution >= 4 is 33.9 Å². The minimum Gasteiger partial charge on any atom is -0.456 e. The van der Waals surface area contributed by atoms with Gasteiger partial charge in [-0.1, -0.05) is 60.1 Å². The monoisotopic (exact) mass is 567 g/mol. The van der Waals surface area contributed by atoms with Crippen LogP contribution in [0.5, 0.6) is 11.5 Å². The van der Waals surface area contributed by atoms with Gasteiger partial charge in [0.05, 0.1) is 21.8 Å². The molecule has 0 saturated carbocycles. The molecule has 2 N–H and O–H groups in total. The van der Waals surface area contributed by atoms with E-state index >= 15 is 0 Å². The van der Waals surface area contributed by atoms with Crippen LogP contribution in [0.4, 0.5) is 11.4 Å². The third-order valence-electron chi connectivity index (χ3n) is 6.83. The van der Waals surface area contributed by atoms with Gasteiger partial charge in [0.1, 0.15) is 17.6 Å². The summed E-state index contributed by atoms with van der Waals surface area (Å²) in [5.41, 5.74) is 7.17. The molecule has 4 aromatic carbocycles. The van der Waals surface area contributed by atoms with Crippen LogP contribution in [0, 0.1) is 11.3 Å². The van der Waals surface area contributed by atoms with Crippen molar-refractivity contribution in [3.05, 3.63) is 143 Å². The molecule has 0 bridgehead atoms. The van der Waals surface area contributed by atoms with Crippen LogP contribution in [0.3, 0.4) is 0 Å². The van der Waals surface area contributed by atoms with Crippen LogP contribution >= 0.6 is 11.6 Å². The number of fused-ring (bicyclic) bond motifs is 1. The van der Waals surface area contributed by atoms with E-state index in [-0.39, 0.29) is 0 Å². The highest BCUT2D eigenvalue weighted by Gasteiger charge is 2.13. The lowest BCUT2D eigenvalue weighted by Gasteiger charge is -2.14. The summed E-state index contributed by atoms with van der Waals surface area (Å²) in [4.78, 5) is 8.67. The number of hydrogen-bond acceptors (Lipinski definition) is 6. The van der Waals surface area contributed by atoms with Crippen LogP contribution in [0.1, 0.15) is 16.7 Å². The van der Waals surface area contributed by atoms with Crippen LogP contribution < -0.4 is 15.4 Å². The molecule has 2 heterocycles. The first-order valence-electron chi connectivity index (χ1n) is 13.5. The number of pyridine rings is 2. The second-order valence-corrected chi connectivity index (χ2v) is 10.1. The summed E-state index contributed by atoms with van der Waals surface area (Å²) < 4.78 is 5.91. The third-order valence-corrected chi connectivity index (χ3v) is 7.13. The van der Waals surface area contributed by atoms with Gasteiger partial charge in [0, 0.05) is 42.8 Å². The predicted octanol–water partition coefficient (Wildman–Crippen LogP) is 8.65. The van der Waals surface area contributed by atoms with E-state index in [0.29, 0.717) is 27.8 Å². The smallest absolute Gasteiger partial charge is 0.146 e. The first-order valence-corrected chi connectivity index (χ1v) is 13.9. The third kappa shape index (κ3) is 6.24. The predicted molar refractivity (Wildman–Crippen MR) is 168 cm³/mol. The summed E-state index contributed by atoms with van der Waals surface area (Å²) in [6.07, 6.45) is 5.21. The second kappa shape index (κ2) is 12.5. The zero-order valence-electron chi connectivity index (χ0n) is 22.6. The Morgan fingerprint density at radius 3 is 2.40 bits per heavy atom. The van der Waals surface area contributed by atoms with Crippen molar-refractivity contribution in [3.8, 4) is 28.7 Å². The first kappa shape index (κ1) is 27.0. The molecule has 2 aromatic heterocycles. The van der Waals surface area contributed by atoms with Crippen molar-refractivity contribution < 1.29 is 4.74 Å². The van der Waals surface area contributed by atoms with E-state index in [2.05, 4.69) is 63.1 Å². The fraction of sp³-hybridized carbons (Fsp3) is 0.0571. The Kier molecular flexibility index (Phi) is 8.05. The molecule has 6 aromatic rings. The standard InChI is InChI=1S/C35H26ClN5O/c36-32-19-29(10-12-34(32)42-30-7-2-1-3-8-30)41-35-28(20-37)23-40-33-18-27(9-11-31(33)35)26-6-4-5-25(17-26)22-39-21-24-13-15-38-16-14-24/h1-19,23,39H,21-22H2,(H,40,41). The van der Waals surface area contributed by atoms with Crippen molar-refractivity contribution in [2.75, 3.05) is 5.32 Å². The molecular weight excluding hydrogens is 542 g/mol.